The Hall–Kier alpha value is -1.60. The number of carbonyl (C=O) groups excluding carboxylic acids is 1. The van der Waals surface area contributed by atoms with Gasteiger partial charge in [-0.25, -0.2) is 0 Å². The van der Waals surface area contributed by atoms with Crippen LogP contribution in [-0.2, 0) is 20.7 Å². The number of hydrogen-bond acceptors (Lipinski definition) is 3. The van der Waals surface area contributed by atoms with Crippen LogP contribution in [0, 0.1) is 0 Å². The Morgan fingerprint density at radius 2 is 1.96 bits per heavy atom. The molecule has 0 radical (unpaired) electrons. The monoisotopic (exact) mass is 331 g/mol. The molecule has 0 N–H and O–H groups in total. The summed E-state index contributed by atoms with van der Waals surface area (Å²) in [7, 11) is 2.95. The van der Waals surface area contributed by atoms with Gasteiger partial charge < -0.3 is 14.4 Å². The van der Waals surface area contributed by atoms with Crippen molar-refractivity contribution in [2.75, 3.05) is 20.8 Å². The third-order valence-corrected chi connectivity index (χ3v) is 4.12. The average molecular weight is 331 g/mol. The van der Waals surface area contributed by atoms with E-state index in [1.54, 1.807) is 12.1 Å². The third kappa shape index (κ3) is 4.03. The van der Waals surface area contributed by atoms with Crippen molar-refractivity contribution < 1.29 is 27.4 Å². The van der Waals surface area contributed by atoms with Crippen LogP contribution >= 0.6 is 0 Å². The lowest BCUT2D eigenvalue weighted by molar-refractivity contribution is -0.189. The van der Waals surface area contributed by atoms with Gasteiger partial charge in [-0.3, -0.25) is 4.79 Å². The van der Waals surface area contributed by atoms with Crippen LogP contribution in [0.3, 0.4) is 0 Å². The molecule has 128 valence electrons. The molecule has 1 aromatic carbocycles. The van der Waals surface area contributed by atoms with E-state index >= 15 is 0 Å². The van der Waals surface area contributed by atoms with Crippen LogP contribution in [-0.4, -0.2) is 44.0 Å². The van der Waals surface area contributed by atoms with Crippen LogP contribution in [0.2, 0.25) is 0 Å². The lowest BCUT2D eigenvalue weighted by Gasteiger charge is -2.38. The van der Waals surface area contributed by atoms with Gasteiger partial charge in [0.05, 0.1) is 6.04 Å². The molecule has 0 saturated carbocycles. The molecule has 1 amide bonds. The predicted molar refractivity (Wildman–Crippen MR) is 77.7 cm³/mol. The summed E-state index contributed by atoms with van der Waals surface area (Å²) in [5.41, 5.74) is 1.75. The Kier molecular flexibility index (Phi) is 5.64. The summed E-state index contributed by atoms with van der Waals surface area (Å²) < 4.78 is 48.8. The molecule has 2 rings (SSSR count). The normalized spacial score (nSPS) is 18.2. The van der Waals surface area contributed by atoms with E-state index < -0.39 is 24.4 Å². The van der Waals surface area contributed by atoms with Crippen LogP contribution in [0.25, 0.3) is 0 Å². The SMILES string of the molecule is COC(CC[C@@H]1c2ccccc2CCN1C(=O)C(F)(F)F)OC. The molecule has 0 aliphatic carbocycles. The van der Waals surface area contributed by atoms with Gasteiger partial charge in [0, 0.05) is 27.2 Å². The largest absolute Gasteiger partial charge is 0.471 e. The first-order valence-corrected chi connectivity index (χ1v) is 7.39. The lowest BCUT2D eigenvalue weighted by Crippen LogP contribution is -2.46. The van der Waals surface area contributed by atoms with Crippen molar-refractivity contribution in [3.63, 3.8) is 0 Å². The van der Waals surface area contributed by atoms with E-state index in [0.717, 1.165) is 16.0 Å². The van der Waals surface area contributed by atoms with Gasteiger partial charge in [-0.1, -0.05) is 24.3 Å². The number of carbonyl (C=O) groups is 1. The Morgan fingerprint density at radius 3 is 2.57 bits per heavy atom. The maximum Gasteiger partial charge on any atom is 0.471 e. The highest BCUT2D eigenvalue weighted by Gasteiger charge is 2.46. The van der Waals surface area contributed by atoms with Crippen molar-refractivity contribution in [3.8, 4) is 0 Å². The molecule has 0 bridgehead atoms. The van der Waals surface area contributed by atoms with Crippen molar-refractivity contribution in [3.05, 3.63) is 35.4 Å². The number of halogens is 3. The van der Waals surface area contributed by atoms with E-state index in [0.29, 0.717) is 19.3 Å². The number of rotatable bonds is 5. The lowest BCUT2D eigenvalue weighted by atomic mass is 9.89. The molecular weight excluding hydrogens is 311 g/mol. The molecule has 1 atom stereocenters. The highest BCUT2D eigenvalue weighted by Crippen LogP contribution is 2.36. The summed E-state index contributed by atoms with van der Waals surface area (Å²) in [6, 6.07) is 6.68. The van der Waals surface area contributed by atoms with E-state index in [9.17, 15) is 18.0 Å². The van der Waals surface area contributed by atoms with Crippen molar-refractivity contribution in [1.29, 1.82) is 0 Å². The fourth-order valence-electron chi connectivity index (χ4n) is 2.99. The Balaban J connectivity index is 2.26. The minimum atomic E-state index is -4.87. The standard InChI is InChI=1S/C16H20F3NO3/c1-22-14(23-2)8-7-13-12-6-4-3-5-11(12)9-10-20(13)15(21)16(17,18)19/h3-6,13-14H,7-10H2,1-2H3/t13-/m1/s1. The minimum absolute atomic E-state index is 0.0602. The van der Waals surface area contributed by atoms with Gasteiger partial charge in [-0.05, 0) is 24.0 Å². The van der Waals surface area contributed by atoms with Crippen LogP contribution in [0.5, 0.6) is 0 Å². The van der Waals surface area contributed by atoms with Crippen LogP contribution in [0.4, 0.5) is 13.2 Å². The molecule has 1 aliphatic heterocycles. The third-order valence-electron chi connectivity index (χ3n) is 4.12. The van der Waals surface area contributed by atoms with Crippen LogP contribution in [0.1, 0.15) is 30.0 Å². The highest BCUT2D eigenvalue weighted by molar-refractivity contribution is 5.82. The number of hydrogen-bond donors (Lipinski definition) is 0. The van der Waals surface area contributed by atoms with Gasteiger partial charge in [-0.15, -0.1) is 0 Å². The number of methoxy groups -OCH3 is 2. The zero-order valence-corrected chi connectivity index (χ0v) is 13.1. The molecule has 1 aliphatic rings. The first kappa shape index (κ1) is 17.7. The summed E-state index contributed by atoms with van der Waals surface area (Å²) in [5.74, 6) is -1.79. The molecule has 0 aromatic heterocycles. The molecule has 1 heterocycles. The van der Waals surface area contributed by atoms with E-state index in [1.807, 2.05) is 12.1 Å². The molecule has 4 nitrogen and oxygen atoms in total. The summed E-state index contributed by atoms with van der Waals surface area (Å²) >= 11 is 0. The van der Waals surface area contributed by atoms with Gasteiger partial charge in [0.1, 0.15) is 0 Å². The second kappa shape index (κ2) is 7.31. The number of amides is 1. The molecule has 0 unspecified atom stereocenters. The van der Waals surface area contributed by atoms with Gasteiger partial charge in [0.25, 0.3) is 0 Å². The molecule has 0 spiro atoms. The minimum Gasteiger partial charge on any atom is -0.356 e. The number of fused-ring (bicyclic) bond motifs is 1. The zero-order chi connectivity index (χ0) is 17.0. The maximum atomic E-state index is 12.9. The topological polar surface area (TPSA) is 38.8 Å². The average Bonchev–Trinajstić information content (AvgIpc) is 2.54. The summed E-state index contributed by atoms with van der Waals surface area (Å²) in [5, 5.41) is 0. The van der Waals surface area contributed by atoms with E-state index in [1.165, 1.54) is 14.2 Å². The maximum absolute atomic E-state index is 12.9. The zero-order valence-electron chi connectivity index (χ0n) is 13.1. The first-order chi connectivity index (χ1) is 10.9. The Bertz CT molecular complexity index is 544. The smallest absolute Gasteiger partial charge is 0.356 e. The van der Waals surface area contributed by atoms with E-state index in [2.05, 4.69) is 0 Å². The predicted octanol–water partition coefficient (Wildman–Crippen LogP) is 3.07. The van der Waals surface area contributed by atoms with Gasteiger partial charge in [0.2, 0.25) is 0 Å². The quantitative estimate of drug-likeness (QED) is 0.779. The number of ether oxygens (including phenoxy) is 2. The summed E-state index contributed by atoms with van der Waals surface area (Å²) in [6.07, 6.45) is -4.22. The van der Waals surface area contributed by atoms with Crippen molar-refractivity contribution in [2.45, 2.75) is 37.8 Å². The van der Waals surface area contributed by atoms with Crippen molar-refractivity contribution >= 4 is 5.91 Å². The fourth-order valence-corrected chi connectivity index (χ4v) is 2.99. The van der Waals surface area contributed by atoms with Crippen LogP contribution < -0.4 is 0 Å². The molecule has 1 aromatic rings. The van der Waals surface area contributed by atoms with Crippen molar-refractivity contribution in [2.24, 2.45) is 0 Å². The summed E-state index contributed by atoms with van der Waals surface area (Å²) in [6.45, 7) is 0.0602. The van der Waals surface area contributed by atoms with Gasteiger partial charge >= 0.3 is 12.1 Å². The highest BCUT2D eigenvalue weighted by atomic mass is 19.4. The molecule has 0 fully saturated rings. The van der Waals surface area contributed by atoms with E-state index in [4.69, 9.17) is 9.47 Å². The second-order valence-electron chi connectivity index (χ2n) is 5.44. The fraction of sp³-hybridized carbons (Fsp3) is 0.562. The second-order valence-corrected chi connectivity index (χ2v) is 5.44. The molecule has 7 heteroatoms. The van der Waals surface area contributed by atoms with E-state index in [-0.39, 0.29) is 6.54 Å². The van der Waals surface area contributed by atoms with Crippen LogP contribution in [0.15, 0.2) is 24.3 Å². The van der Waals surface area contributed by atoms with Crippen molar-refractivity contribution in [1.82, 2.24) is 4.90 Å². The number of alkyl halides is 3. The Labute approximate surface area is 133 Å². The van der Waals surface area contributed by atoms with Gasteiger partial charge in [-0.2, -0.15) is 13.2 Å². The summed E-state index contributed by atoms with van der Waals surface area (Å²) in [4.78, 5) is 12.7. The molecule has 23 heavy (non-hydrogen) atoms. The Morgan fingerprint density at radius 1 is 1.30 bits per heavy atom. The number of benzene rings is 1. The molecular formula is C16H20F3NO3. The first-order valence-electron chi connectivity index (χ1n) is 7.39. The number of nitrogens with zero attached hydrogens (tertiary/aromatic N) is 1. The molecule has 0 saturated heterocycles. The van der Waals surface area contributed by atoms with Gasteiger partial charge in [0.15, 0.2) is 6.29 Å².